The second kappa shape index (κ2) is 7.43. The number of oxime groups is 1. The lowest BCUT2D eigenvalue weighted by atomic mass is 10.4. The summed E-state index contributed by atoms with van der Waals surface area (Å²) in [4.78, 5) is 0. The summed E-state index contributed by atoms with van der Waals surface area (Å²) in [6.07, 6.45) is 3.53. The van der Waals surface area contributed by atoms with Gasteiger partial charge < -0.3 is 9.94 Å². The van der Waals surface area contributed by atoms with E-state index in [2.05, 4.69) is 12.1 Å². The van der Waals surface area contributed by atoms with E-state index in [4.69, 9.17) is 9.94 Å². The van der Waals surface area contributed by atoms with Gasteiger partial charge in [-0.1, -0.05) is 18.5 Å². The van der Waals surface area contributed by atoms with Gasteiger partial charge >= 0.3 is 0 Å². The Morgan fingerprint density at radius 2 is 2.44 bits per heavy atom. The first-order valence-corrected chi connectivity index (χ1v) is 3.15. The van der Waals surface area contributed by atoms with Crippen molar-refractivity contribution in [1.82, 2.24) is 0 Å². The van der Waals surface area contributed by atoms with Crippen molar-refractivity contribution in [2.24, 2.45) is 5.16 Å². The maximum Gasteiger partial charge on any atom is 0.0851 e. The van der Waals surface area contributed by atoms with Gasteiger partial charge in [0, 0.05) is 6.61 Å². The third-order valence-electron chi connectivity index (χ3n) is 0.916. The Morgan fingerprint density at radius 1 is 1.67 bits per heavy atom. The van der Waals surface area contributed by atoms with E-state index in [-0.39, 0.29) is 0 Å². The minimum Gasteiger partial charge on any atom is -0.411 e. The predicted molar refractivity (Wildman–Crippen MR) is 36.0 cm³/mol. The maximum absolute atomic E-state index is 7.91. The molecule has 0 aliphatic rings. The molecule has 1 N–H and O–H groups in total. The molecule has 0 saturated heterocycles. The van der Waals surface area contributed by atoms with E-state index in [0.29, 0.717) is 6.61 Å². The Morgan fingerprint density at radius 3 is 3.00 bits per heavy atom. The fourth-order valence-electron chi connectivity index (χ4n) is 0.416. The lowest BCUT2D eigenvalue weighted by Crippen LogP contribution is -1.96. The third kappa shape index (κ3) is 7.43. The van der Waals surface area contributed by atoms with Crippen LogP contribution in [-0.4, -0.2) is 24.6 Å². The highest BCUT2D eigenvalue weighted by Crippen LogP contribution is 1.85. The van der Waals surface area contributed by atoms with Crippen molar-refractivity contribution in [2.75, 3.05) is 13.2 Å². The predicted octanol–water partition coefficient (Wildman–Crippen LogP) is 1.26. The molecule has 0 saturated carbocycles. The number of nitrogens with zero attached hydrogens (tertiary/aromatic N) is 1. The zero-order valence-electron chi connectivity index (χ0n) is 5.71. The summed E-state index contributed by atoms with van der Waals surface area (Å²) < 4.78 is 5.01. The molecule has 0 atom stereocenters. The van der Waals surface area contributed by atoms with Gasteiger partial charge in [0.25, 0.3) is 0 Å². The molecule has 9 heavy (non-hydrogen) atoms. The Balaban J connectivity index is 2.75. The first-order valence-electron chi connectivity index (χ1n) is 3.15. The Kier molecular flexibility index (Phi) is 6.96. The van der Waals surface area contributed by atoms with Crippen LogP contribution in [0.25, 0.3) is 0 Å². The van der Waals surface area contributed by atoms with Crippen molar-refractivity contribution in [1.29, 1.82) is 0 Å². The Labute approximate surface area is 55.3 Å². The van der Waals surface area contributed by atoms with E-state index in [1.807, 2.05) is 0 Å². The zero-order valence-corrected chi connectivity index (χ0v) is 5.71. The van der Waals surface area contributed by atoms with Gasteiger partial charge in [0.05, 0.1) is 12.8 Å². The fraction of sp³-hybridized carbons (Fsp3) is 0.833. The van der Waals surface area contributed by atoms with Gasteiger partial charge in [0.15, 0.2) is 0 Å². The second-order valence-corrected chi connectivity index (χ2v) is 1.73. The number of ether oxygens (including phenoxy) is 1. The molecule has 0 bridgehead atoms. The van der Waals surface area contributed by atoms with Gasteiger partial charge in [-0.15, -0.1) is 0 Å². The van der Waals surface area contributed by atoms with Gasteiger partial charge in [0.2, 0.25) is 0 Å². The van der Waals surface area contributed by atoms with E-state index in [0.717, 1.165) is 19.4 Å². The van der Waals surface area contributed by atoms with Gasteiger partial charge in [-0.25, -0.2) is 0 Å². The Bertz CT molecular complexity index is 73.5. The number of hydrogen-bond acceptors (Lipinski definition) is 3. The summed E-state index contributed by atoms with van der Waals surface area (Å²) in [6.45, 7) is 3.27. The topological polar surface area (TPSA) is 41.8 Å². The largest absolute Gasteiger partial charge is 0.411 e. The molecule has 3 heteroatoms. The van der Waals surface area contributed by atoms with E-state index < -0.39 is 0 Å². The zero-order chi connectivity index (χ0) is 6.95. The minimum absolute atomic E-state index is 0.413. The van der Waals surface area contributed by atoms with Crippen LogP contribution in [0.3, 0.4) is 0 Å². The lowest BCUT2D eigenvalue weighted by Gasteiger charge is -1.95. The lowest BCUT2D eigenvalue weighted by molar-refractivity contribution is 0.168. The third-order valence-corrected chi connectivity index (χ3v) is 0.916. The Hall–Kier alpha value is -0.570. The normalized spacial score (nSPS) is 10.8. The van der Waals surface area contributed by atoms with Gasteiger partial charge in [-0.05, 0) is 6.42 Å². The molecular weight excluding hydrogens is 118 g/mol. The molecule has 3 nitrogen and oxygen atoms in total. The molecule has 0 unspecified atom stereocenters. The van der Waals surface area contributed by atoms with Crippen LogP contribution < -0.4 is 0 Å². The van der Waals surface area contributed by atoms with Crippen molar-refractivity contribution >= 4 is 6.21 Å². The highest BCUT2D eigenvalue weighted by Gasteiger charge is 1.81. The first kappa shape index (κ1) is 8.43. The molecule has 0 radical (unpaired) electrons. The average molecular weight is 131 g/mol. The molecule has 54 valence electrons. The summed E-state index contributed by atoms with van der Waals surface area (Å²) in [5.74, 6) is 0. The van der Waals surface area contributed by atoms with Gasteiger partial charge in [0.1, 0.15) is 0 Å². The van der Waals surface area contributed by atoms with Crippen molar-refractivity contribution in [2.45, 2.75) is 19.8 Å². The summed E-state index contributed by atoms with van der Waals surface area (Å²) in [5.41, 5.74) is 0. The van der Waals surface area contributed by atoms with Crippen LogP contribution in [0.5, 0.6) is 0 Å². The standard InChI is InChI=1S/C6H13NO2/c1-2-3-5-9-6-4-7-8/h4,8H,2-3,5-6H2,1H3/b7-4+. The quantitative estimate of drug-likeness (QED) is 0.264. The molecular formula is C6H13NO2. The van der Waals surface area contributed by atoms with Crippen molar-refractivity contribution in [3.63, 3.8) is 0 Å². The minimum atomic E-state index is 0.413. The van der Waals surface area contributed by atoms with Crippen LogP contribution in [-0.2, 0) is 4.74 Å². The summed E-state index contributed by atoms with van der Waals surface area (Å²) >= 11 is 0. The van der Waals surface area contributed by atoms with Gasteiger partial charge in [-0.2, -0.15) is 0 Å². The fourth-order valence-corrected chi connectivity index (χ4v) is 0.416. The van der Waals surface area contributed by atoms with E-state index >= 15 is 0 Å². The molecule has 0 aromatic carbocycles. The monoisotopic (exact) mass is 131 g/mol. The van der Waals surface area contributed by atoms with Crippen molar-refractivity contribution < 1.29 is 9.94 Å². The number of rotatable bonds is 5. The molecule has 0 aliphatic heterocycles. The smallest absolute Gasteiger partial charge is 0.0851 e. The van der Waals surface area contributed by atoms with Crippen molar-refractivity contribution in [3.8, 4) is 0 Å². The molecule has 0 heterocycles. The van der Waals surface area contributed by atoms with E-state index in [9.17, 15) is 0 Å². The molecule has 0 spiro atoms. The van der Waals surface area contributed by atoms with Crippen LogP contribution >= 0.6 is 0 Å². The highest BCUT2D eigenvalue weighted by molar-refractivity contribution is 5.57. The molecule has 0 rings (SSSR count). The molecule has 0 amide bonds. The van der Waals surface area contributed by atoms with Gasteiger partial charge in [-0.3, -0.25) is 0 Å². The molecule has 0 aliphatic carbocycles. The van der Waals surface area contributed by atoms with Crippen LogP contribution in [0, 0.1) is 0 Å². The summed E-state index contributed by atoms with van der Waals surface area (Å²) in [5, 5.41) is 10.7. The number of unbranched alkanes of at least 4 members (excludes halogenated alkanes) is 1. The maximum atomic E-state index is 7.91. The first-order chi connectivity index (χ1) is 4.41. The molecule has 0 aromatic rings. The molecule has 0 aromatic heterocycles. The van der Waals surface area contributed by atoms with Crippen LogP contribution in [0.1, 0.15) is 19.8 Å². The second-order valence-electron chi connectivity index (χ2n) is 1.73. The van der Waals surface area contributed by atoms with Crippen LogP contribution in [0.4, 0.5) is 0 Å². The van der Waals surface area contributed by atoms with Crippen molar-refractivity contribution in [3.05, 3.63) is 0 Å². The highest BCUT2D eigenvalue weighted by atomic mass is 16.5. The van der Waals surface area contributed by atoms with Crippen LogP contribution in [0.2, 0.25) is 0 Å². The van der Waals surface area contributed by atoms with E-state index in [1.165, 1.54) is 6.21 Å². The molecule has 0 fully saturated rings. The average Bonchev–Trinajstić information content (AvgIpc) is 1.89. The number of hydrogen-bond donors (Lipinski definition) is 1. The van der Waals surface area contributed by atoms with E-state index in [1.54, 1.807) is 0 Å². The summed E-state index contributed by atoms with van der Waals surface area (Å²) in [7, 11) is 0. The summed E-state index contributed by atoms with van der Waals surface area (Å²) in [6, 6.07) is 0. The van der Waals surface area contributed by atoms with Crippen LogP contribution in [0.15, 0.2) is 5.16 Å². The SMILES string of the molecule is CCCCOC/C=N/O.